The molecule has 0 aliphatic carbocycles. The average molecular weight is 579 g/mol. The summed E-state index contributed by atoms with van der Waals surface area (Å²) in [4.78, 5) is 19.2. The minimum Gasteiger partial charge on any atom is -0.469 e. The van der Waals surface area contributed by atoms with Crippen molar-refractivity contribution in [2.75, 3.05) is 13.1 Å². The minimum absolute atomic E-state index is 0.275. The van der Waals surface area contributed by atoms with E-state index in [2.05, 4.69) is 90.6 Å². The lowest BCUT2D eigenvalue weighted by atomic mass is 10.0. The molecule has 0 unspecified atom stereocenters. The first-order valence-corrected chi connectivity index (χ1v) is 14.9. The Balaban J connectivity index is 1.25. The molecule has 218 valence electrons. The molecular formula is C38H34N4O2. The van der Waals surface area contributed by atoms with Crippen molar-refractivity contribution in [3.63, 3.8) is 0 Å². The van der Waals surface area contributed by atoms with Crippen LogP contribution in [-0.2, 0) is 9.47 Å². The molecular weight excluding hydrogens is 544 g/mol. The largest absolute Gasteiger partial charge is 0.469 e. The summed E-state index contributed by atoms with van der Waals surface area (Å²) in [5.41, 5.74) is 8.33. The van der Waals surface area contributed by atoms with Gasteiger partial charge in [-0.15, -0.1) is 0 Å². The number of ether oxygens (including phenoxy) is 2. The van der Waals surface area contributed by atoms with Crippen LogP contribution in [0.3, 0.4) is 0 Å². The van der Waals surface area contributed by atoms with Crippen LogP contribution in [0.4, 0.5) is 0 Å². The molecule has 0 saturated heterocycles. The summed E-state index contributed by atoms with van der Waals surface area (Å²) in [7, 11) is 0. The zero-order chi connectivity index (χ0) is 30.3. The summed E-state index contributed by atoms with van der Waals surface area (Å²) < 4.78 is 12.1. The number of aliphatic imine (C=N–C) groups is 2. The Morgan fingerprint density at radius 1 is 0.455 bits per heavy atom. The van der Waals surface area contributed by atoms with Gasteiger partial charge in [0, 0.05) is 27.8 Å². The Morgan fingerprint density at radius 2 is 0.841 bits per heavy atom. The molecule has 0 saturated carbocycles. The van der Waals surface area contributed by atoms with Crippen LogP contribution >= 0.6 is 0 Å². The van der Waals surface area contributed by atoms with Crippen LogP contribution in [0, 0.1) is 0 Å². The summed E-state index contributed by atoms with van der Waals surface area (Å²) >= 11 is 0. The van der Waals surface area contributed by atoms with E-state index in [1.807, 2.05) is 56.3 Å². The first-order valence-electron chi connectivity index (χ1n) is 14.9. The molecule has 1 aromatic heterocycles. The molecule has 0 fully saturated rings. The molecule has 0 spiro atoms. The second kappa shape index (κ2) is 10.9. The zero-order valence-corrected chi connectivity index (χ0v) is 25.4. The quantitative estimate of drug-likeness (QED) is 0.203. The molecule has 0 radical (unpaired) electrons. The van der Waals surface area contributed by atoms with E-state index in [9.17, 15) is 0 Å². The van der Waals surface area contributed by atoms with Crippen molar-refractivity contribution in [2.24, 2.45) is 9.98 Å². The Bertz CT molecular complexity index is 1780. The second-order valence-corrected chi connectivity index (χ2v) is 12.5. The number of aromatic nitrogens is 2. The lowest BCUT2D eigenvalue weighted by Gasteiger charge is -2.17. The molecule has 6 nitrogen and oxygen atoms in total. The van der Waals surface area contributed by atoms with Crippen LogP contribution in [0.15, 0.2) is 119 Å². The molecule has 2 aliphatic heterocycles. The van der Waals surface area contributed by atoms with E-state index < -0.39 is 0 Å². The maximum absolute atomic E-state index is 6.04. The highest BCUT2D eigenvalue weighted by molar-refractivity contribution is 5.96. The molecule has 4 aromatic carbocycles. The predicted molar refractivity (Wildman–Crippen MR) is 177 cm³/mol. The third-order valence-corrected chi connectivity index (χ3v) is 7.78. The van der Waals surface area contributed by atoms with Crippen LogP contribution in [0.25, 0.3) is 45.0 Å². The van der Waals surface area contributed by atoms with E-state index in [1.165, 1.54) is 5.56 Å². The average Bonchev–Trinajstić information content (AvgIpc) is 3.62. The van der Waals surface area contributed by atoms with Gasteiger partial charge in [0.1, 0.15) is 11.2 Å². The van der Waals surface area contributed by atoms with Crippen molar-refractivity contribution >= 4 is 11.8 Å². The number of hydrogen-bond acceptors (Lipinski definition) is 6. The maximum Gasteiger partial charge on any atom is 0.216 e. The zero-order valence-electron chi connectivity index (χ0n) is 25.4. The summed E-state index contributed by atoms with van der Waals surface area (Å²) in [6.07, 6.45) is 0. The van der Waals surface area contributed by atoms with E-state index in [0.717, 1.165) is 44.8 Å². The molecule has 0 N–H and O–H groups in total. The van der Waals surface area contributed by atoms with Crippen LogP contribution in [0.5, 0.6) is 0 Å². The van der Waals surface area contributed by atoms with Crippen LogP contribution in [-0.4, -0.2) is 46.1 Å². The van der Waals surface area contributed by atoms with E-state index in [4.69, 9.17) is 19.4 Å². The van der Waals surface area contributed by atoms with Gasteiger partial charge in [0.2, 0.25) is 11.8 Å². The fourth-order valence-electron chi connectivity index (χ4n) is 5.36. The van der Waals surface area contributed by atoms with E-state index in [-0.39, 0.29) is 11.2 Å². The van der Waals surface area contributed by atoms with Crippen molar-refractivity contribution < 1.29 is 9.47 Å². The molecule has 3 heterocycles. The lowest BCUT2D eigenvalue weighted by Crippen LogP contribution is -2.24. The van der Waals surface area contributed by atoms with Gasteiger partial charge >= 0.3 is 0 Å². The van der Waals surface area contributed by atoms with E-state index in [0.29, 0.717) is 30.7 Å². The van der Waals surface area contributed by atoms with Gasteiger partial charge in [-0.2, -0.15) is 0 Å². The third-order valence-electron chi connectivity index (χ3n) is 7.78. The number of hydrogen-bond donors (Lipinski definition) is 0. The fraction of sp³-hybridized carbons (Fsp3) is 0.211. The SMILES string of the molecule is CC1(C)CN=C(c2ccc(-c3cc(-c4ccc(-c5ccccc5)cc4)nc(-c4ccc(C5=NCC(C)(C)O5)cc4)n3)cc2)O1. The summed E-state index contributed by atoms with van der Waals surface area (Å²) in [6.45, 7) is 9.50. The topological polar surface area (TPSA) is 69.0 Å². The highest BCUT2D eigenvalue weighted by Gasteiger charge is 2.29. The maximum atomic E-state index is 6.04. The monoisotopic (exact) mass is 578 g/mol. The Labute approximate surface area is 258 Å². The van der Waals surface area contributed by atoms with Gasteiger partial charge in [0.15, 0.2) is 5.82 Å². The highest BCUT2D eigenvalue weighted by atomic mass is 16.5. The Morgan fingerprint density at radius 3 is 1.27 bits per heavy atom. The number of rotatable bonds is 6. The second-order valence-electron chi connectivity index (χ2n) is 12.5. The fourth-order valence-corrected chi connectivity index (χ4v) is 5.36. The van der Waals surface area contributed by atoms with Gasteiger partial charge in [-0.25, -0.2) is 20.0 Å². The smallest absolute Gasteiger partial charge is 0.216 e. The van der Waals surface area contributed by atoms with Crippen LogP contribution < -0.4 is 0 Å². The van der Waals surface area contributed by atoms with Gasteiger partial charge in [0.25, 0.3) is 0 Å². The third kappa shape index (κ3) is 5.76. The molecule has 0 bridgehead atoms. The van der Waals surface area contributed by atoms with Gasteiger partial charge in [0.05, 0.1) is 24.5 Å². The summed E-state index contributed by atoms with van der Waals surface area (Å²) in [5.74, 6) is 2.01. The van der Waals surface area contributed by atoms with Crippen molar-refractivity contribution in [1.82, 2.24) is 9.97 Å². The van der Waals surface area contributed by atoms with Gasteiger partial charge < -0.3 is 9.47 Å². The van der Waals surface area contributed by atoms with Crippen LogP contribution in [0.2, 0.25) is 0 Å². The van der Waals surface area contributed by atoms with E-state index >= 15 is 0 Å². The van der Waals surface area contributed by atoms with Gasteiger partial charge in [-0.05, 0) is 69.2 Å². The predicted octanol–water partition coefficient (Wildman–Crippen LogP) is 8.26. The summed E-state index contributed by atoms with van der Waals surface area (Å²) in [6, 6.07) is 37.3. The first-order chi connectivity index (χ1) is 21.2. The van der Waals surface area contributed by atoms with Gasteiger partial charge in [-0.1, -0.05) is 78.9 Å². The number of nitrogens with zero attached hydrogens (tertiary/aromatic N) is 4. The minimum atomic E-state index is -0.279. The van der Waals surface area contributed by atoms with E-state index in [1.54, 1.807) is 0 Å². The Hall–Kier alpha value is -5.10. The normalized spacial score (nSPS) is 16.5. The Kier molecular flexibility index (Phi) is 6.85. The highest BCUT2D eigenvalue weighted by Crippen LogP contribution is 2.31. The molecule has 0 amide bonds. The van der Waals surface area contributed by atoms with Crippen molar-refractivity contribution in [1.29, 1.82) is 0 Å². The molecule has 44 heavy (non-hydrogen) atoms. The van der Waals surface area contributed by atoms with Crippen molar-refractivity contribution in [2.45, 2.75) is 38.9 Å². The summed E-state index contributed by atoms with van der Waals surface area (Å²) in [5, 5.41) is 0. The van der Waals surface area contributed by atoms with Crippen molar-refractivity contribution in [3.8, 4) is 45.0 Å². The molecule has 7 rings (SSSR count). The standard InChI is InChI=1S/C38H34N4O2/c1-37(2)23-39-35(43-37)30-18-14-28(15-19-30)33-22-32(27-12-10-26(11-13-27)25-8-6-5-7-9-25)41-34(42-33)29-16-20-31(21-17-29)36-40-24-38(3,4)44-36/h5-22H,23-24H2,1-4H3. The molecule has 6 heteroatoms. The molecule has 5 aromatic rings. The molecule has 0 atom stereocenters. The van der Waals surface area contributed by atoms with Crippen LogP contribution in [0.1, 0.15) is 38.8 Å². The van der Waals surface area contributed by atoms with Crippen molar-refractivity contribution in [3.05, 3.63) is 120 Å². The lowest BCUT2D eigenvalue weighted by molar-refractivity contribution is 0.131. The molecule has 2 aliphatic rings. The van der Waals surface area contributed by atoms with Gasteiger partial charge in [-0.3, -0.25) is 0 Å². The first kappa shape index (κ1) is 27.7. The number of benzene rings is 4.